The highest BCUT2D eigenvalue weighted by Gasteiger charge is 2.42. The monoisotopic (exact) mass is 222 g/mol. The van der Waals surface area contributed by atoms with Gasteiger partial charge in [-0.1, -0.05) is 0 Å². The third-order valence-electron chi connectivity index (χ3n) is 1.91. The summed E-state index contributed by atoms with van der Waals surface area (Å²) >= 11 is 0. The highest BCUT2D eigenvalue weighted by atomic mass is 35.5. The Hall–Kier alpha value is 0.360. The third-order valence-corrected chi connectivity index (χ3v) is 1.91. The predicted molar refractivity (Wildman–Crippen MR) is 49.5 cm³/mol. The van der Waals surface area contributed by atoms with Crippen molar-refractivity contribution in [3.8, 4) is 0 Å². The first-order chi connectivity index (χ1) is 4.55. The van der Waals surface area contributed by atoms with Gasteiger partial charge in [-0.2, -0.15) is 0 Å². The number of alkyl halides is 2. The quantitative estimate of drug-likeness (QED) is 0.721. The second-order valence-corrected chi connectivity index (χ2v) is 2.86. The minimum atomic E-state index is -2.52. The largest absolute Gasteiger partial charge is 0.329 e. The van der Waals surface area contributed by atoms with Crippen LogP contribution in [0.4, 0.5) is 8.78 Å². The lowest BCUT2D eigenvalue weighted by atomic mass is 10.2. The van der Waals surface area contributed by atoms with E-state index in [4.69, 9.17) is 5.73 Å². The Morgan fingerprint density at radius 2 is 2.00 bits per heavy atom. The van der Waals surface area contributed by atoms with E-state index in [1.165, 1.54) is 0 Å². The van der Waals surface area contributed by atoms with Crippen molar-refractivity contribution < 1.29 is 8.78 Å². The minimum Gasteiger partial charge on any atom is -0.329 e. The zero-order valence-electron chi connectivity index (χ0n) is 6.80. The van der Waals surface area contributed by atoms with Gasteiger partial charge in [0.05, 0.1) is 6.54 Å². The SMILES string of the molecule is CN1CC(F)(F)CC1CN.Cl.Cl. The standard InChI is InChI=1S/C6H12F2N2.2ClH/c1-10-4-6(7,8)2-5(10)3-9;;/h5H,2-4,9H2,1H3;2*1H. The zero-order valence-corrected chi connectivity index (χ0v) is 8.43. The Bertz CT molecular complexity index is 135. The van der Waals surface area contributed by atoms with Gasteiger partial charge in [-0.3, -0.25) is 4.90 Å². The Morgan fingerprint density at radius 1 is 1.50 bits per heavy atom. The first-order valence-electron chi connectivity index (χ1n) is 3.33. The molecule has 1 atom stereocenters. The fourth-order valence-corrected chi connectivity index (χ4v) is 1.32. The molecule has 1 unspecified atom stereocenters. The Morgan fingerprint density at radius 3 is 2.17 bits per heavy atom. The molecule has 1 aliphatic rings. The van der Waals surface area contributed by atoms with Crippen LogP contribution in [-0.2, 0) is 0 Å². The van der Waals surface area contributed by atoms with Crippen LogP contribution in [0, 0.1) is 0 Å². The normalized spacial score (nSPS) is 27.5. The van der Waals surface area contributed by atoms with E-state index >= 15 is 0 Å². The van der Waals surface area contributed by atoms with Crippen LogP contribution >= 0.6 is 24.8 Å². The first kappa shape index (κ1) is 14.9. The summed E-state index contributed by atoms with van der Waals surface area (Å²) in [5.41, 5.74) is 5.27. The van der Waals surface area contributed by atoms with Gasteiger partial charge in [0, 0.05) is 19.0 Å². The Labute approximate surface area is 83.3 Å². The number of halogens is 4. The number of likely N-dealkylation sites (N-methyl/N-ethyl adjacent to an activating group) is 1. The highest BCUT2D eigenvalue weighted by molar-refractivity contribution is 5.85. The predicted octanol–water partition coefficient (Wildman–Crippen LogP) is 1.13. The molecule has 0 amide bonds. The summed E-state index contributed by atoms with van der Waals surface area (Å²) in [6, 6.07) is -0.130. The molecule has 1 fully saturated rings. The number of hydrogen-bond donors (Lipinski definition) is 1. The molecule has 2 N–H and O–H groups in total. The maximum absolute atomic E-state index is 12.5. The number of hydrogen-bond acceptors (Lipinski definition) is 2. The maximum atomic E-state index is 12.5. The lowest BCUT2D eigenvalue weighted by molar-refractivity contribution is 0.0141. The lowest BCUT2D eigenvalue weighted by Crippen LogP contribution is -2.31. The molecule has 0 aliphatic carbocycles. The van der Waals surface area contributed by atoms with Gasteiger partial charge < -0.3 is 5.73 Å². The molecular formula is C6H14Cl2F2N2. The number of nitrogens with zero attached hydrogens (tertiary/aromatic N) is 1. The highest BCUT2D eigenvalue weighted by Crippen LogP contribution is 2.29. The smallest absolute Gasteiger partial charge is 0.262 e. The van der Waals surface area contributed by atoms with E-state index in [-0.39, 0.29) is 43.8 Å². The van der Waals surface area contributed by atoms with Crippen LogP contribution in [0.5, 0.6) is 0 Å². The van der Waals surface area contributed by atoms with Gasteiger partial charge in [0.25, 0.3) is 5.92 Å². The lowest BCUT2D eigenvalue weighted by Gasteiger charge is -2.14. The van der Waals surface area contributed by atoms with Gasteiger partial charge in [-0.15, -0.1) is 24.8 Å². The van der Waals surface area contributed by atoms with Gasteiger partial charge >= 0.3 is 0 Å². The number of nitrogens with two attached hydrogens (primary N) is 1. The molecule has 0 aromatic rings. The van der Waals surface area contributed by atoms with Crippen molar-refractivity contribution in [2.24, 2.45) is 5.73 Å². The minimum absolute atomic E-state index is 0. The molecular weight excluding hydrogens is 209 g/mol. The second-order valence-electron chi connectivity index (χ2n) is 2.86. The molecule has 1 saturated heterocycles. The fraction of sp³-hybridized carbons (Fsp3) is 1.00. The van der Waals surface area contributed by atoms with Crippen molar-refractivity contribution in [2.45, 2.75) is 18.4 Å². The maximum Gasteiger partial charge on any atom is 0.262 e. The average molecular weight is 223 g/mol. The Balaban J connectivity index is 0. The van der Waals surface area contributed by atoms with E-state index in [9.17, 15) is 8.78 Å². The molecule has 76 valence electrons. The number of likely N-dealkylation sites (tertiary alicyclic amines) is 1. The van der Waals surface area contributed by atoms with Crippen LogP contribution in [0.25, 0.3) is 0 Å². The summed E-state index contributed by atoms with van der Waals surface area (Å²) in [5.74, 6) is -2.52. The summed E-state index contributed by atoms with van der Waals surface area (Å²) in [6.07, 6.45) is -0.0833. The van der Waals surface area contributed by atoms with Gasteiger partial charge in [0.15, 0.2) is 0 Å². The molecule has 0 spiro atoms. The molecule has 12 heavy (non-hydrogen) atoms. The van der Waals surface area contributed by atoms with E-state index < -0.39 is 5.92 Å². The molecule has 0 radical (unpaired) electrons. The van der Waals surface area contributed by atoms with Crippen LogP contribution in [-0.4, -0.2) is 37.0 Å². The number of rotatable bonds is 1. The summed E-state index contributed by atoms with van der Waals surface area (Å²) in [5, 5.41) is 0. The summed E-state index contributed by atoms with van der Waals surface area (Å²) in [6.45, 7) is 0.182. The van der Waals surface area contributed by atoms with Crippen molar-refractivity contribution >= 4 is 24.8 Å². The summed E-state index contributed by atoms with van der Waals surface area (Å²) in [7, 11) is 1.68. The van der Waals surface area contributed by atoms with Crippen molar-refractivity contribution in [2.75, 3.05) is 20.1 Å². The summed E-state index contributed by atoms with van der Waals surface area (Å²) < 4.78 is 25.1. The molecule has 1 aliphatic heterocycles. The zero-order chi connectivity index (χ0) is 7.78. The van der Waals surface area contributed by atoms with Gasteiger partial charge in [0.1, 0.15) is 0 Å². The molecule has 1 rings (SSSR count). The Kier molecular flexibility index (Phi) is 6.40. The molecule has 1 heterocycles. The van der Waals surface area contributed by atoms with E-state index in [1.54, 1.807) is 11.9 Å². The average Bonchev–Trinajstić information content (AvgIpc) is 2.05. The summed E-state index contributed by atoms with van der Waals surface area (Å²) in [4.78, 5) is 1.61. The molecule has 0 bridgehead atoms. The van der Waals surface area contributed by atoms with Crippen LogP contribution in [0.15, 0.2) is 0 Å². The van der Waals surface area contributed by atoms with Crippen molar-refractivity contribution in [1.82, 2.24) is 4.90 Å². The van der Waals surface area contributed by atoms with Gasteiger partial charge in [-0.25, -0.2) is 8.78 Å². The third kappa shape index (κ3) is 3.39. The molecule has 2 nitrogen and oxygen atoms in total. The van der Waals surface area contributed by atoms with E-state index in [0.29, 0.717) is 6.54 Å². The molecule has 6 heteroatoms. The van der Waals surface area contributed by atoms with Crippen LogP contribution in [0.1, 0.15) is 6.42 Å². The topological polar surface area (TPSA) is 29.3 Å². The van der Waals surface area contributed by atoms with Crippen molar-refractivity contribution in [3.05, 3.63) is 0 Å². The van der Waals surface area contributed by atoms with Crippen LogP contribution < -0.4 is 5.73 Å². The van der Waals surface area contributed by atoms with Crippen LogP contribution in [0.3, 0.4) is 0 Å². The first-order valence-corrected chi connectivity index (χ1v) is 3.33. The molecule has 0 saturated carbocycles. The second kappa shape index (κ2) is 5.17. The molecule has 0 aromatic carbocycles. The molecule has 0 aromatic heterocycles. The fourth-order valence-electron chi connectivity index (χ4n) is 1.32. The van der Waals surface area contributed by atoms with Gasteiger partial charge in [0.2, 0.25) is 0 Å². The van der Waals surface area contributed by atoms with Gasteiger partial charge in [-0.05, 0) is 7.05 Å². The van der Waals surface area contributed by atoms with Crippen molar-refractivity contribution in [3.63, 3.8) is 0 Å². The van der Waals surface area contributed by atoms with E-state index in [1.807, 2.05) is 0 Å². The van der Waals surface area contributed by atoms with Crippen LogP contribution in [0.2, 0.25) is 0 Å². The van der Waals surface area contributed by atoms with E-state index in [0.717, 1.165) is 0 Å². The van der Waals surface area contributed by atoms with Crippen molar-refractivity contribution in [1.29, 1.82) is 0 Å². The van der Waals surface area contributed by atoms with E-state index in [2.05, 4.69) is 0 Å².